The van der Waals surface area contributed by atoms with Crippen LogP contribution in [0.15, 0.2) is 18.2 Å². The average Bonchev–Trinajstić information content (AvgIpc) is 2.77. The van der Waals surface area contributed by atoms with Crippen molar-refractivity contribution >= 4 is 5.78 Å². The number of carbonyl (C=O) groups is 1. The first kappa shape index (κ1) is 35.5. The molecule has 0 radical (unpaired) electrons. The first-order valence-electron chi connectivity index (χ1n) is 10.5. The van der Waals surface area contributed by atoms with Gasteiger partial charge in [0, 0.05) is 12.0 Å². The van der Waals surface area contributed by atoms with Crippen LogP contribution in [0.4, 0.5) is 74.6 Å². The molecule has 0 unspecified atom stereocenters. The van der Waals surface area contributed by atoms with E-state index >= 15 is 0 Å². The maximum atomic E-state index is 13.9. The van der Waals surface area contributed by atoms with Gasteiger partial charge in [-0.15, -0.1) is 0 Å². The van der Waals surface area contributed by atoms with Crippen LogP contribution in [0.5, 0.6) is 5.75 Å². The Morgan fingerprint density at radius 3 is 1.48 bits per heavy atom. The van der Waals surface area contributed by atoms with Crippen LogP contribution in [0.25, 0.3) is 0 Å². The van der Waals surface area contributed by atoms with Crippen LogP contribution < -0.4 is 4.74 Å². The molecular weight excluding hydrogens is 607 g/mol. The smallest absolute Gasteiger partial charge is 0.460 e. The van der Waals surface area contributed by atoms with Gasteiger partial charge in [0.1, 0.15) is 5.75 Å². The molecule has 0 aromatic heterocycles. The number of Topliss-reactive ketones (excluding diaryl/α,β-unsaturated/α-hetero) is 1. The zero-order valence-electron chi connectivity index (χ0n) is 19.8. The molecule has 0 aliphatic heterocycles. The number of rotatable bonds is 13. The highest BCUT2D eigenvalue weighted by Crippen LogP contribution is 2.64. The van der Waals surface area contributed by atoms with Crippen molar-refractivity contribution in [3.05, 3.63) is 29.3 Å². The Hall–Kier alpha value is -2.50. The molecule has 0 saturated heterocycles. The van der Waals surface area contributed by atoms with Gasteiger partial charge in [0.25, 0.3) is 0 Å². The molecular formula is C21H17F17O2. The van der Waals surface area contributed by atoms with Crippen molar-refractivity contribution in [3.8, 4) is 5.75 Å². The lowest BCUT2D eigenvalue weighted by molar-refractivity contribution is -0.461. The Labute approximate surface area is 213 Å². The third-order valence-electron chi connectivity index (χ3n) is 5.51. The summed E-state index contributed by atoms with van der Waals surface area (Å²) in [5.41, 5.74) is 0.551. The molecule has 0 heterocycles. The molecule has 1 rings (SSSR count). The summed E-state index contributed by atoms with van der Waals surface area (Å²) in [7, 11) is 0. The van der Waals surface area contributed by atoms with Gasteiger partial charge in [0.2, 0.25) is 0 Å². The van der Waals surface area contributed by atoms with Gasteiger partial charge in [-0.05, 0) is 50.5 Å². The van der Waals surface area contributed by atoms with Gasteiger partial charge in [-0.2, -0.15) is 74.6 Å². The Kier molecular flexibility index (Phi) is 9.52. The second kappa shape index (κ2) is 10.7. The van der Waals surface area contributed by atoms with Crippen LogP contribution in [0, 0.1) is 6.92 Å². The second-order valence-electron chi connectivity index (χ2n) is 8.49. The number of unbranched alkanes of at least 4 members (excludes halogenated alkanes) is 1. The highest BCUT2D eigenvalue weighted by atomic mass is 19.4. The van der Waals surface area contributed by atoms with Crippen LogP contribution >= 0.6 is 0 Å². The quantitative estimate of drug-likeness (QED) is 0.125. The predicted molar refractivity (Wildman–Crippen MR) is 101 cm³/mol. The fraction of sp³-hybridized carbons (Fsp3) is 0.667. The number of hydrogen-bond acceptors (Lipinski definition) is 2. The van der Waals surface area contributed by atoms with E-state index in [9.17, 15) is 79.4 Å². The number of halogens is 17. The minimum Gasteiger partial charge on any atom is -0.493 e. The van der Waals surface area contributed by atoms with Crippen LogP contribution in [0.3, 0.4) is 0 Å². The number of ketones is 1. The maximum Gasteiger partial charge on any atom is 0.460 e. The van der Waals surface area contributed by atoms with E-state index in [2.05, 4.69) is 0 Å². The predicted octanol–water partition coefficient (Wildman–Crippen LogP) is 8.76. The summed E-state index contributed by atoms with van der Waals surface area (Å²) in [6.45, 7) is 2.02. The molecule has 2 nitrogen and oxygen atoms in total. The number of benzene rings is 1. The number of hydrogen-bond donors (Lipinski definition) is 0. The van der Waals surface area contributed by atoms with E-state index in [4.69, 9.17) is 4.74 Å². The summed E-state index contributed by atoms with van der Waals surface area (Å²) < 4.78 is 230. The van der Waals surface area contributed by atoms with Crippen molar-refractivity contribution in [3.63, 3.8) is 0 Å². The minimum atomic E-state index is -8.63. The average molecular weight is 624 g/mol. The standard InChI is InChI=1S/C21H17F17O2/c1-10-9-12(11(2)39)5-6-13(10)40-8-4-3-7-14(22,23)15(24,25)16(26,27)17(28,29)18(30,31)19(32,33)20(34,35)21(36,37)38/h5-6,9H,3-4,7-8H2,1-2H3. The molecule has 0 spiro atoms. The van der Waals surface area contributed by atoms with E-state index < -0.39 is 73.5 Å². The highest BCUT2D eigenvalue weighted by molar-refractivity contribution is 5.94. The van der Waals surface area contributed by atoms with Gasteiger partial charge < -0.3 is 4.74 Å². The van der Waals surface area contributed by atoms with Crippen molar-refractivity contribution in [1.82, 2.24) is 0 Å². The molecule has 0 amide bonds. The molecule has 1 aromatic rings. The maximum absolute atomic E-state index is 13.9. The van der Waals surface area contributed by atoms with E-state index in [1.165, 1.54) is 32.0 Å². The summed E-state index contributed by atoms with van der Waals surface area (Å²) in [4.78, 5) is 11.3. The molecule has 0 aliphatic rings. The highest BCUT2D eigenvalue weighted by Gasteiger charge is 2.95. The lowest BCUT2D eigenvalue weighted by Gasteiger charge is -2.42. The number of carbonyl (C=O) groups excluding carboxylic acids is 1. The molecule has 1 aromatic carbocycles. The van der Waals surface area contributed by atoms with Gasteiger partial charge >= 0.3 is 47.6 Å². The van der Waals surface area contributed by atoms with E-state index in [1.54, 1.807) is 0 Å². The summed E-state index contributed by atoms with van der Waals surface area (Å²) in [5.74, 6) is -56.6. The Bertz CT molecular complexity index is 1060. The molecule has 40 heavy (non-hydrogen) atoms. The van der Waals surface area contributed by atoms with Gasteiger partial charge in [-0.25, -0.2) is 0 Å². The molecule has 0 atom stereocenters. The van der Waals surface area contributed by atoms with E-state index in [0.717, 1.165) is 0 Å². The topological polar surface area (TPSA) is 26.3 Å². The monoisotopic (exact) mass is 624 g/mol. The SMILES string of the molecule is CC(=O)c1ccc(OCCCCC(F)(F)C(F)(F)C(F)(F)C(F)(F)C(F)(F)C(F)(F)C(F)(F)C(F)(F)F)c(C)c1. The third-order valence-corrected chi connectivity index (χ3v) is 5.51. The Balaban J connectivity index is 3.11. The molecule has 232 valence electrons. The summed E-state index contributed by atoms with van der Waals surface area (Å²) in [6.07, 6.45) is -12.3. The minimum absolute atomic E-state index is 0.0343. The van der Waals surface area contributed by atoms with Crippen LogP contribution in [0.1, 0.15) is 42.1 Å². The number of alkyl halides is 17. The Morgan fingerprint density at radius 2 is 1.07 bits per heavy atom. The summed E-state index contributed by atoms with van der Waals surface area (Å²) in [6, 6.07) is 3.83. The lowest BCUT2D eigenvalue weighted by atomic mass is 9.88. The van der Waals surface area contributed by atoms with E-state index in [1.807, 2.05) is 0 Å². The first-order chi connectivity index (χ1) is 17.5. The fourth-order valence-electron chi connectivity index (χ4n) is 3.01. The van der Waals surface area contributed by atoms with Crippen LogP contribution in [-0.4, -0.2) is 60.0 Å². The van der Waals surface area contributed by atoms with E-state index in [-0.39, 0.29) is 17.1 Å². The van der Waals surface area contributed by atoms with Crippen molar-refractivity contribution in [2.75, 3.05) is 6.61 Å². The van der Waals surface area contributed by atoms with E-state index in [0.29, 0.717) is 5.56 Å². The second-order valence-corrected chi connectivity index (χ2v) is 8.49. The third kappa shape index (κ3) is 5.65. The molecule has 0 saturated carbocycles. The molecule has 0 fully saturated rings. The zero-order chi connectivity index (χ0) is 32.0. The Morgan fingerprint density at radius 1 is 0.650 bits per heavy atom. The van der Waals surface area contributed by atoms with Crippen molar-refractivity contribution in [2.45, 2.75) is 80.7 Å². The lowest BCUT2D eigenvalue weighted by Crippen LogP contribution is -2.74. The summed E-state index contributed by atoms with van der Waals surface area (Å²) in [5, 5.41) is 0. The molecule has 0 aliphatic carbocycles. The van der Waals surface area contributed by atoms with Crippen molar-refractivity contribution in [1.29, 1.82) is 0 Å². The number of aryl methyl sites for hydroxylation is 1. The van der Waals surface area contributed by atoms with Crippen LogP contribution in [-0.2, 0) is 0 Å². The first-order valence-corrected chi connectivity index (χ1v) is 10.5. The molecule has 0 bridgehead atoms. The van der Waals surface area contributed by atoms with Crippen LogP contribution in [0.2, 0.25) is 0 Å². The zero-order valence-corrected chi connectivity index (χ0v) is 19.8. The molecule has 19 heteroatoms. The number of ether oxygens (including phenoxy) is 1. The molecule has 0 N–H and O–H groups in total. The van der Waals surface area contributed by atoms with Crippen molar-refractivity contribution in [2.24, 2.45) is 0 Å². The van der Waals surface area contributed by atoms with Gasteiger partial charge in [-0.1, -0.05) is 0 Å². The summed E-state index contributed by atoms with van der Waals surface area (Å²) >= 11 is 0. The largest absolute Gasteiger partial charge is 0.493 e. The van der Waals surface area contributed by atoms with Gasteiger partial charge in [0.15, 0.2) is 5.78 Å². The van der Waals surface area contributed by atoms with Gasteiger partial charge in [-0.3, -0.25) is 4.79 Å². The fourth-order valence-corrected chi connectivity index (χ4v) is 3.01. The van der Waals surface area contributed by atoms with Gasteiger partial charge in [0.05, 0.1) is 6.61 Å². The normalized spacial score (nSPS) is 14.9. The van der Waals surface area contributed by atoms with Crippen molar-refractivity contribution < 1.29 is 84.2 Å².